The van der Waals surface area contributed by atoms with E-state index in [0.29, 0.717) is 6.42 Å². The summed E-state index contributed by atoms with van der Waals surface area (Å²) in [6.07, 6.45) is 4.20. The molecule has 38 valence electrons. The summed E-state index contributed by atoms with van der Waals surface area (Å²) in [6, 6.07) is 0. The fraction of sp³-hybridized carbons (Fsp3) is 0.500. The first-order valence-electron chi connectivity index (χ1n) is 1.72. The van der Waals surface area contributed by atoms with Crippen molar-refractivity contribution in [3.8, 4) is 0 Å². The molecule has 3 heteroatoms. The minimum Gasteiger partial charge on any atom is -0.303 e. The van der Waals surface area contributed by atoms with Gasteiger partial charge in [-0.1, -0.05) is 22.6 Å². The highest BCUT2D eigenvalue weighted by Gasteiger charge is 1.97. The van der Waals surface area contributed by atoms with Crippen LogP contribution in [0.3, 0.4) is 0 Å². The van der Waals surface area contributed by atoms with E-state index >= 15 is 0 Å². The third-order valence-electron chi connectivity index (χ3n) is 0.409. The molecule has 0 aliphatic heterocycles. The van der Waals surface area contributed by atoms with E-state index in [4.69, 9.17) is 5.41 Å². The van der Waals surface area contributed by atoms with Gasteiger partial charge in [0.2, 0.25) is 6.29 Å². The van der Waals surface area contributed by atoms with E-state index in [9.17, 15) is 4.79 Å². The zero-order chi connectivity index (χ0) is 5.70. The Kier molecular flexibility index (Phi) is 4.28. The maximum absolute atomic E-state index is 9.64. The lowest BCUT2D eigenvalue weighted by Crippen LogP contribution is -1.97. The first kappa shape index (κ1) is 7.07. The van der Waals surface area contributed by atoms with Crippen molar-refractivity contribution < 1.29 is 4.79 Å². The van der Waals surface area contributed by atoms with Gasteiger partial charge in [-0.3, -0.25) is 4.79 Å². The van der Waals surface area contributed by atoms with Crippen LogP contribution >= 0.6 is 22.6 Å². The van der Waals surface area contributed by atoms with Gasteiger partial charge < -0.3 is 5.41 Å². The molecule has 1 atom stereocenters. The fourth-order valence-corrected chi connectivity index (χ4v) is 0.351. The highest BCUT2D eigenvalue weighted by molar-refractivity contribution is 14.1. The van der Waals surface area contributed by atoms with E-state index in [1.165, 1.54) is 0 Å². The number of rotatable bonds is 3. The molecule has 0 amide bonds. The van der Waals surface area contributed by atoms with Crippen LogP contribution < -0.4 is 0 Å². The summed E-state index contributed by atoms with van der Waals surface area (Å²) in [6.45, 7) is 0. The molecule has 0 aromatic carbocycles. The van der Waals surface area contributed by atoms with Gasteiger partial charge in [0.1, 0.15) is 0 Å². The summed E-state index contributed by atoms with van der Waals surface area (Å²) in [4.78, 5) is 9.64. The van der Waals surface area contributed by atoms with E-state index in [1.54, 1.807) is 6.29 Å². The molecule has 0 spiro atoms. The Morgan fingerprint density at radius 2 is 2.43 bits per heavy atom. The van der Waals surface area contributed by atoms with Crippen molar-refractivity contribution in [3.63, 3.8) is 0 Å². The van der Waals surface area contributed by atoms with E-state index in [1.807, 2.05) is 22.6 Å². The number of carbonyl (C=O) groups excluding carboxylic acids is 1. The minimum absolute atomic E-state index is 0.185. The van der Waals surface area contributed by atoms with Gasteiger partial charge in [-0.25, -0.2) is 0 Å². The summed E-state index contributed by atoms with van der Waals surface area (Å²) in [5, 5.41) is 6.40. The lowest BCUT2D eigenvalue weighted by Gasteiger charge is -1.86. The third-order valence-corrected chi connectivity index (χ3v) is 1.10. The lowest BCUT2D eigenvalue weighted by molar-refractivity contribution is 0.555. The van der Waals surface area contributed by atoms with Gasteiger partial charge in [-0.05, 0) is 0 Å². The standard InChI is InChI=1S/C4H4INO/c5-4(3-7)1-2-6/h4,6H,1H2. The monoisotopic (exact) mass is 209 g/mol. The molecule has 0 rings (SSSR count). The van der Waals surface area contributed by atoms with Crippen LogP contribution in [-0.2, 0) is 4.79 Å². The number of nitrogens with one attached hydrogen (secondary N) is 1. The zero-order valence-electron chi connectivity index (χ0n) is 3.57. The van der Waals surface area contributed by atoms with Crippen molar-refractivity contribution in [1.29, 1.82) is 5.41 Å². The maximum Gasteiger partial charge on any atom is 0.212 e. The maximum atomic E-state index is 9.64. The van der Waals surface area contributed by atoms with Gasteiger partial charge in [0.05, 0.1) is 10.1 Å². The largest absolute Gasteiger partial charge is 0.303 e. The molecule has 0 heterocycles. The van der Waals surface area contributed by atoms with Crippen molar-refractivity contribution in [1.82, 2.24) is 0 Å². The number of halogens is 1. The average molecular weight is 209 g/mol. The van der Waals surface area contributed by atoms with Crippen LogP contribution in [0.15, 0.2) is 0 Å². The highest BCUT2D eigenvalue weighted by atomic mass is 127. The summed E-state index contributed by atoms with van der Waals surface area (Å²) < 4.78 is -0.185. The van der Waals surface area contributed by atoms with Gasteiger partial charge in [-0.15, -0.1) is 0 Å². The predicted molar refractivity (Wildman–Crippen MR) is 35.8 cm³/mol. The first-order valence-corrected chi connectivity index (χ1v) is 2.97. The molecule has 2 nitrogen and oxygen atoms in total. The minimum atomic E-state index is -0.185. The van der Waals surface area contributed by atoms with E-state index in [0.717, 1.165) is 0 Å². The van der Waals surface area contributed by atoms with Crippen LogP contribution in [0, 0.1) is 5.41 Å². The first-order chi connectivity index (χ1) is 3.31. The van der Waals surface area contributed by atoms with Gasteiger partial charge in [0, 0.05) is 6.42 Å². The number of hydrogen-bond donors (Lipinski definition) is 1. The van der Waals surface area contributed by atoms with Gasteiger partial charge >= 0.3 is 0 Å². The van der Waals surface area contributed by atoms with Crippen LogP contribution in [-0.4, -0.2) is 16.4 Å². The van der Waals surface area contributed by atoms with Gasteiger partial charge in [0.25, 0.3) is 0 Å². The topological polar surface area (TPSA) is 40.9 Å². The summed E-state index contributed by atoms with van der Waals surface area (Å²) >= 11 is 1.90. The van der Waals surface area contributed by atoms with Crippen LogP contribution in [0.4, 0.5) is 0 Å². The quantitative estimate of drug-likeness (QED) is 0.417. The number of hydrogen-bond acceptors (Lipinski definition) is 2. The number of alkyl halides is 1. The molecular formula is C4H4INO. The molecule has 0 aliphatic carbocycles. The Balaban J connectivity index is 3.15. The Morgan fingerprint density at radius 3 is 2.57 bits per heavy atom. The van der Waals surface area contributed by atoms with Crippen molar-refractivity contribution in [2.24, 2.45) is 0 Å². The summed E-state index contributed by atoms with van der Waals surface area (Å²) in [7, 11) is 0. The molecule has 7 heavy (non-hydrogen) atoms. The Bertz CT molecular complexity index is 74.1. The molecular weight excluding hydrogens is 205 g/mol. The molecule has 0 saturated heterocycles. The molecule has 2 radical (unpaired) electrons. The highest BCUT2D eigenvalue weighted by Crippen LogP contribution is 1.97. The second kappa shape index (κ2) is 4.23. The second-order valence-electron chi connectivity index (χ2n) is 0.966. The lowest BCUT2D eigenvalue weighted by atomic mass is 10.4. The van der Waals surface area contributed by atoms with Crippen molar-refractivity contribution in [3.05, 3.63) is 0 Å². The molecule has 0 aromatic heterocycles. The Hall–Kier alpha value is 0.0700. The fourth-order valence-electron chi connectivity index (χ4n) is 0.131. The molecule has 0 aromatic rings. The third kappa shape index (κ3) is 3.91. The molecule has 0 fully saturated rings. The van der Waals surface area contributed by atoms with Crippen molar-refractivity contribution in [2.45, 2.75) is 10.3 Å². The van der Waals surface area contributed by atoms with E-state index in [2.05, 4.69) is 6.21 Å². The molecule has 0 aliphatic rings. The van der Waals surface area contributed by atoms with Crippen LogP contribution in [0.2, 0.25) is 0 Å². The van der Waals surface area contributed by atoms with Gasteiger partial charge in [-0.2, -0.15) is 0 Å². The SMILES string of the molecule is N=[C]CC(I)[C]=O. The van der Waals surface area contributed by atoms with Gasteiger partial charge in [0.15, 0.2) is 0 Å². The molecule has 0 saturated carbocycles. The Labute approximate surface area is 55.9 Å². The van der Waals surface area contributed by atoms with Crippen LogP contribution in [0.25, 0.3) is 0 Å². The average Bonchev–Trinajstić information content (AvgIpc) is 1.68. The molecule has 1 N–H and O–H groups in total. The smallest absolute Gasteiger partial charge is 0.212 e. The van der Waals surface area contributed by atoms with Crippen LogP contribution in [0.5, 0.6) is 0 Å². The second-order valence-corrected chi connectivity index (χ2v) is 2.47. The van der Waals surface area contributed by atoms with Crippen LogP contribution in [0.1, 0.15) is 6.42 Å². The zero-order valence-corrected chi connectivity index (χ0v) is 5.73. The van der Waals surface area contributed by atoms with E-state index in [-0.39, 0.29) is 3.92 Å². The summed E-state index contributed by atoms with van der Waals surface area (Å²) in [5.41, 5.74) is 0. The Morgan fingerprint density at radius 1 is 1.86 bits per heavy atom. The van der Waals surface area contributed by atoms with E-state index < -0.39 is 0 Å². The summed E-state index contributed by atoms with van der Waals surface area (Å²) in [5.74, 6) is 0. The molecule has 1 unspecified atom stereocenters. The van der Waals surface area contributed by atoms with Crippen molar-refractivity contribution in [2.75, 3.05) is 0 Å². The van der Waals surface area contributed by atoms with Crippen molar-refractivity contribution >= 4 is 35.1 Å². The normalized spacial score (nSPS) is 12.7. The molecule has 0 bridgehead atoms. The predicted octanol–water partition coefficient (Wildman–Crippen LogP) is 0.816.